The van der Waals surface area contributed by atoms with E-state index in [0.29, 0.717) is 5.56 Å². The van der Waals surface area contributed by atoms with Crippen LogP contribution in [0.25, 0.3) is 0 Å². The van der Waals surface area contributed by atoms with Gasteiger partial charge in [0.05, 0.1) is 0 Å². The fourth-order valence-corrected chi connectivity index (χ4v) is 2.75. The molecule has 2 aromatic rings. The van der Waals surface area contributed by atoms with Crippen LogP contribution >= 0.6 is 11.8 Å². The number of alkyl carbamates (subject to hydrolysis) is 1. The lowest BCUT2D eigenvalue weighted by Crippen LogP contribution is -2.43. The van der Waals surface area contributed by atoms with E-state index >= 15 is 0 Å². The Morgan fingerprint density at radius 2 is 1.60 bits per heavy atom. The zero-order chi connectivity index (χ0) is 18.1. The number of amides is 1. The number of carboxylic acid groups (broad SMARTS) is 1. The first kappa shape index (κ1) is 18.5. The van der Waals surface area contributed by atoms with Crippen molar-refractivity contribution in [3.8, 4) is 0 Å². The molecular formula is C18H17NO5S. The highest BCUT2D eigenvalue weighted by atomic mass is 32.2. The molecule has 0 saturated carbocycles. The van der Waals surface area contributed by atoms with Crippen LogP contribution in [0.15, 0.2) is 60.7 Å². The Labute approximate surface area is 149 Å². The largest absolute Gasteiger partial charge is 0.480 e. The van der Waals surface area contributed by atoms with Crippen LogP contribution in [0.5, 0.6) is 0 Å². The molecule has 25 heavy (non-hydrogen) atoms. The molecule has 0 radical (unpaired) electrons. The van der Waals surface area contributed by atoms with Gasteiger partial charge in [-0.15, -0.1) is 0 Å². The third-order valence-electron chi connectivity index (χ3n) is 3.19. The SMILES string of the molecule is O=C(NC(CSC(=O)c1ccccc1)C(=O)O)OCc1ccccc1. The number of ether oxygens (including phenoxy) is 1. The Morgan fingerprint density at radius 1 is 1.00 bits per heavy atom. The molecule has 6 nitrogen and oxygen atoms in total. The van der Waals surface area contributed by atoms with Crippen LogP contribution in [-0.2, 0) is 16.1 Å². The van der Waals surface area contributed by atoms with Gasteiger partial charge in [0.2, 0.25) is 5.12 Å². The molecule has 2 aromatic carbocycles. The number of carbonyl (C=O) groups is 3. The second-order valence-electron chi connectivity index (χ2n) is 5.06. The summed E-state index contributed by atoms with van der Waals surface area (Å²) >= 11 is 0.832. The summed E-state index contributed by atoms with van der Waals surface area (Å²) in [5.74, 6) is -1.33. The van der Waals surface area contributed by atoms with E-state index in [4.69, 9.17) is 4.74 Å². The maximum Gasteiger partial charge on any atom is 0.408 e. The van der Waals surface area contributed by atoms with Gasteiger partial charge in [0.1, 0.15) is 12.6 Å². The van der Waals surface area contributed by atoms with Crippen LogP contribution in [0.3, 0.4) is 0 Å². The molecule has 0 bridgehead atoms. The van der Waals surface area contributed by atoms with Gasteiger partial charge in [0.25, 0.3) is 0 Å². The van der Waals surface area contributed by atoms with Gasteiger partial charge >= 0.3 is 12.1 Å². The lowest BCUT2D eigenvalue weighted by Gasteiger charge is -2.14. The number of aliphatic carboxylic acids is 1. The molecule has 1 amide bonds. The summed E-state index contributed by atoms with van der Waals surface area (Å²) in [5, 5.41) is 11.2. The number of rotatable bonds is 7. The smallest absolute Gasteiger partial charge is 0.408 e. The third kappa shape index (κ3) is 6.31. The molecule has 0 saturated heterocycles. The number of benzene rings is 2. The molecule has 0 fully saturated rings. The minimum Gasteiger partial charge on any atom is -0.480 e. The molecule has 0 aliphatic rings. The van der Waals surface area contributed by atoms with Gasteiger partial charge in [-0.05, 0) is 5.56 Å². The standard InChI is InChI=1S/C18H17NO5S/c20-16(21)15(12-25-17(22)14-9-5-2-6-10-14)19-18(23)24-11-13-7-3-1-4-8-13/h1-10,15H,11-12H2,(H,19,23)(H,20,21). The molecule has 0 aliphatic carbocycles. The van der Waals surface area contributed by atoms with E-state index in [2.05, 4.69) is 5.32 Å². The van der Waals surface area contributed by atoms with Crippen molar-refractivity contribution in [2.24, 2.45) is 0 Å². The van der Waals surface area contributed by atoms with Gasteiger partial charge in [-0.3, -0.25) is 4.79 Å². The van der Waals surface area contributed by atoms with Crippen molar-refractivity contribution in [1.82, 2.24) is 5.32 Å². The molecule has 1 unspecified atom stereocenters. The van der Waals surface area contributed by atoms with E-state index in [1.807, 2.05) is 18.2 Å². The van der Waals surface area contributed by atoms with E-state index in [-0.39, 0.29) is 17.5 Å². The Balaban J connectivity index is 1.82. The average molecular weight is 359 g/mol. The maximum absolute atomic E-state index is 12.0. The van der Waals surface area contributed by atoms with E-state index in [9.17, 15) is 19.5 Å². The Bertz CT molecular complexity index is 721. The second kappa shape index (κ2) is 9.48. The van der Waals surface area contributed by atoms with Crippen molar-refractivity contribution in [1.29, 1.82) is 0 Å². The van der Waals surface area contributed by atoms with Crippen molar-refractivity contribution in [2.75, 3.05) is 5.75 Å². The number of hydrogen-bond acceptors (Lipinski definition) is 5. The minimum atomic E-state index is -1.23. The average Bonchev–Trinajstić information content (AvgIpc) is 2.64. The van der Waals surface area contributed by atoms with Crippen molar-refractivity contribution in [3.05, 3.63) is 71.8 Å². The topological polar surface area (TPSA) is 92.7 Å². The first-order valence-electron chi connectivity index (χ1n) is 7.48. The molecule has 2 N–H and O–H groups in total. The monoisotopic (exact) mass is 359 g/mol. The van der Waals surface area contributed by atoms with Gasteiger partial charge in [-0.1, -0.05) is 72.4 Å². The van der Waals surface area contributed by atoms with Gasteiger partial charge in [-0.2, -0.15) is 0 Å². The Hall–Kier alpha value is -2.80. The summed E-state index contributed by atoms with van der Waals surface area (Å²) in [6.45, 7) is 0.0368. The van der Waals surface area contributed by atoms with Crippen LogP contribution in [0.1, 0.15) is 15.9 Å². The predicted octanol–water partition coefficient (Wildman–Crippen LogP) is 2.94. The molecule has 7 heteroatoms. The number of carboxylic acids is 1. The zero-order valence-corrected chi connectivity index (χ0v) is 14.1. The molecule has 0 heterocycles. The fraction of sp³-hybridized carbons (Fsp3) is 0.167. The highest BCUT2D eigenvalue weighted by molar-refractivity contribution is 8.14. The van der Waals surface area contributed by atoms with Gasteiger partial charge < -0.3 is 15.2 Å². The van der Waals surface area contributed by atoms with Gasteiger partial charge in [0.15, 0.2) is 0 Å². The summed E-state index contributed by atoms with van der Waals surface area (Å²) < 4.78 is 4.99. The second-order valence-corrected chi connectivity index (χ2v) is 6.05. The first-order chi connectivity index (χ1) is 12.1. The van der Waals surface area contributed by atoms with Crippen LogP contribution in [0, 0.1) is 0 Å². The van der Waals surface area contributed by atoms with Gasteiger partial charge in [0, 0.05) is 11.3 Å². The molecular weight excluding hydrogens is 342 g/mol. The number of thioether (sulfide) groups is 1. The Morgan fingerprint density at radius 3 is 2.20 bits per heavy atom. The molecule has 1 atom stereocenters. The lowest BCUT2D eigenvalue weighted by molar-refractivity contribution is -0.138. The fourth-order valence-electron chi connectivity index (χ4n) is 1.90. The normalized spacial score (nSPS) is 11.4. The maximum atomic E-state index is 12.0. The molecule has 0 spiro atoms. The summed E-state index contributed by atoms with van der Waals surface area (Å²) in [7, 11) is 0. The number of hydrogen-bond donors (Lipinski definition) is 2. The zero-order valence-electron chi connectivity index (χ0n) is 13.3. The van der Waals surface area contributed by atoms with Crippen molar-refractivity contribution in [2.45, 2.75) is 12.6 Å². The van der Waals surface area contributed by atoms with Crippen LogP contribution in [0.4, 0.5) is 4.79 Å². The van der Waals surface area contributed by atoms with E-state index < -0.39 is 18.1 Å². The van der Waals surface area contributed by atoms with E-state index in [0.717, 1.165) is 17.3 Å². The Kier molecular flexibility index (Phi) is 7.03. The molecule has 130 valence electrons. The van der Waals surface area contributed by atoms with Crippen LogP contribution in [-0.4, -0.2) is 34.1 Å². The highest BCUT2D eigenvalue weighted by Crippen LogP contribution is 2.13. The highest BCUT2D eigenvalue weighted by Gasteiger charge is 2.22. The third-order valence-corrected chi connectivity index (χ3v) is 4.19. The quantitative estimate of drug-likeness (QED) is 0.790. The van der Waals surface area contributed by atoms with Gasteiger partial charge in [-0.25, -0.2) is 9.59 Å². The lowest BCUT2D eigenvalue weighted by atomic mass is 10.2. The predicted molar refractivity (Wildman–Crippen MR) is 94.4 cm³/mol. The molecule has 0 aromatic heterocycles. The first-order valence-corrected chi connectivity index (χ1v) is 8.47. The summed E-state index contributed by atoms with van der Waals surface area (Å²) in [6, 6.07) is 16.3. The van der Waals surface area contributed by atoms with Crippen molar-refractivity contribution < 1.29 is 24.2 Å². The molecule has 0 aliphatic heterocycles. The number of nitrogens with one attached hydrogen (secondary N) is 1. The summed E-state index contributed by atoms with van der Waals surface area (Å²) in [4.78, 5) is 35.0. The molecule has 2 rings (SSSR count). The van der Waals surface area contributed by atoms with Crippen LogP contribution < -0.4 is 5.32 Å². The van der Waals surface area contributed by atoms with Crippen molar-refractivity contribution in [3.63, 3.8) is 0 Å². The number of carbonyl (C=O) groups excluding carboxylic acids is 2. The van der Waals surface area contributed by atoms with E-state index in [1.54, 1.807) is 42.5 Å². The summed E-state index contributed by atoms with van der Waals surface area (Å²) in [6.07, 6.45) is -0.844. The van der Waals surface area contributed by atoms with Crippen molar-refractivity contribution >= 4 is 28.9 Å². The minimum absolute atomic E-state index is 0.0368. The van der Waals surface area contributed by atoms with Crippen LogP contribution in [0.2, 0.25) is 0 Å². The summed E-state index contributed by atoms with van der Waals surface area (Å²) in [5.41, 5.74) is 1.27. The van der Waals surface area contributed by atoms with E-state index in [1.165, 1.54) is 0 Å².